The molecule has 2 N–H and O–H groups in total. The minimum atomic E-state index is -0.00425. The van der Waals surface area contributed by atoms with Crippen LogP contribution in [0.4, 0.5) is 0 Å². The third kappa shape index (κ3) is 2.94. The van der Waals surface area contributed by atoms with Gasteiger partial charge in [0, 0.05) is 11.1 Å². The van der Waals surface area contributed by atoms with Gasteiger partial charge in [0.1, 0.15) is 5.75 Å². The lowest BCUT2D eigenvalue weighted by molar-refractivity contribution is 0.340. The first-order chi connectivity index (χ1) is 9.56. The SMILES string of the molecule is CCC(N)C(C)c1nc(-c2ccc(Cl)cc2OC)no1. The van der Waals surface area contributed by atoms with Crippen LogP contribution in [0.15, 0.2) is 22.7 Å². The average Bonchev–Trinajstić information content (AvgIpc) is 2.94. The Kier molecular flexibility index (Phi) is 4.62. The van der Waals surface area contributed by atoms with Crippen LogP contribution in [0.2, 0.25) is 5.02 Å². The summed E-state index contributed by atoms with van der Waals surface area (Å²) in [6.45, 7) is 4.01. The van der Waals surface area contributed by atoms with Gasteiger partial charge in [0.2, 0.25) is 11.7 Å². The van der Waals surface area contributed by atoms with Crippen LogP contribution < -0.4 is 10.5 Å². The molecule has 0 aliphatic rings. The van der Waals surface area contributed by atoms with E-state index in [4.69, 9.17) is 26.6 Å². The highest BCUT2D eigenvalue weighted by Gasteiger charge is 2.21. The molecule has 0 aliphatic carbocycles. The largest absolute Gasteiger partial charge is 0.496 e. The third-order valence-electron chi connectivity index (χ3n) is 3.35. The summed E-state index contributed by atoms with van der Waals surface area (Å²) in [5, 5.41) is 4.59. The molecular weight excluding hydrogens is 278 g/mol. The smallest absolute Gasteiger partial charge is 0.231 e. The number of nitrogens with zero attached hydrogens (tertiary/aromatic N) is 2. The molecule has 0 aliphatic heterocycles. The van der Waals surface area contributed by atoms with Gasteiger partial charge >= 0.3 is 0 Å². The molecule has 20 heavy (non-hydrogen) atoms. The van der Waals surface area contributed by atoms with E-state index < -0.39 is 0 Å². The second-order valence-corrected chi connectivity index (χ2v) is 5.10. The van der Waals surface area contributed by atoms with E-state index in [0.717, 1.165) is 12.0 Å². The first-order valence-corrected chi connectivity index (χ1v) is 6.87. The predicted octanol–water partition coefficient (Wildman–Crippen LogP) is 3.24. The average molecular weight is 296 g/mol. The molecule has 1 aromatic carbocycles. The number of benzene rings is 1. The molecule has 0 spiro atoms. The monoisotopic (exact) mass is 295 g/mol. The van der Waals surface area contributed by atoms with Crippen molar-refractivity contribution in [1.29, 1.82) is 0 Å². The quantitative estimate of drug-likeness (QED) is 0.916. The highest BCUT2D eigenvalue weighted by molar-refractivity contribution is 6.30. The van der Waals surface area contributed by atoms with E-state index in [2.05, 4.69) is 10.1 Å². The molecule has 0 saturated carbocycles. The fraction of sp³-hybridized carbons (Fsp3) is 0.429. The fourth-order valence-electron chi connectivity index (χ4n) is 1.92. The van der Waals surface area contributed by atoms with Crippen LogP contribution in [-0.4, -0.2) is 23.3 Å². The van der Waals surface area contributed by atoms with Gasteiger partial charge in [-0.2, -0.15) is 4.98 Å². The van der Waals surface area contributed by atoms with Gasteiger partial charge in [0.25, 0.3) is 0 Å². The maximum absolute atomic E-state index is 6.00. The van der Waals surface area contributed by atoms with Gasteiger partial charge < -0.3 is 15.0 Å². The van der Waals surface area contributed by atoms with Crippen molar-refractivity contribution < 1.29 is 9.26 Å². The molecule has 0 fully saturated rings. The maximum Gasteiger partial charge on any atom is 0.231 e. The first-order valence-electron chi connectivity index (χ1n) is 6.49. The van der Waals surface area contributed by atoms with Gasteiger partial charge in [-0.3, -0.25) is 0 Å². The summed E-state index contributed by atoms with van der Waals surface area (Å²) in [6, 6.07) is 5.28. The minimum Gasteiger partial charge on any atom is -0.496 e. The fourth-order valence-corrected chi connectivity index (χ4v) is 2.08. The Morgan fingerprint density at radius 1 is 1.45 bits per heavy atom. The van der Waals surface area contributed by atoms with E-state index in [1.165, 1.54) is 0 Å². The Bertz CT molecular complexity index is 586. The summed E-state index contributed by atoms with van der Waals surface area (Å²) in [5.41, 5.74) is 6.74. The Morgan fingerprint density at radius 3 is 2.85 bits per heavy atom. The summed E-state index contributed by atoms with van der Waals surface area (Å²) in [7, 11) is 1.58. The van der Waals surface area contributed by atoms with E-state index >= 15 is 0 Å². The Morgan fingerprint density at radius 2 is 2.20 bits per heavy atom. The minimum absolute atomic E-state index is 0.00425. The molecular formula is C14H18ClN3O2. The summed E-state index contributed by atoms with van der Waals surface area (Å²) in [5.74, 6) is 1.63. The van der Waals surface area contributed by atoms with Crippen LogP contribution in [0.25, 0.3) is 11.4 Å². The zero-order valence-corrected chi connectivity index (χ0v) is 12.5. The number of methoxy groups -OCH3 is 1. The van der Waals surface area contributed by atoms with Gasteiger partial charge in [-0.15, -0.1) is 0 Å². The van der Waals surface area contributed by atoms with Crippen LogP contribution in [0, 0.1) is 0 Å². The van der Waals surface area contributed by atoms with Crippen molar-refractivity contribution in [2.24, 2.45) is 5.73 Å². The Labute approximate surface area is 123 Å². The summed E-state index contributed by atoms with van der Waals surface area (Å²) >= 11 is 5.94. The number of hydrogen-bond acceptors (Lipinski definition) is 5. The first kappa shape index (κ1) is 14.8. The van der Waals surface area contributed by atoms with E-state index in [9.17, 15) is 0 Å². The normalized spacial score (nSPS) is 14.1. The van der Waals surface area contributed by atoms with Crippen molar-refractivity contribution in [3.05, 3.63) is 29.1 Å². The number of nitrogens with two attached hydrogens (primary N) is 1. The molecule has 1 heterocycles. The molecule has 5 nitrogen and oxygen atoms in total. The maximum atomic E-state index is 6.00. The second-order valence-electron chi connectivity index (χ2n) is 4.66. The molecule has 0 amide bonds. The van der Waals surface area contributed by atoms with Crippen molar-refractivity contribution in [1.82, 2.24) is 10.1 Å². The Balaban J connectivity index is 2.33. The van der Waals surface area contributed by atoms with Crippen molar-refractivity contribution in [2.45, 2.75) is 32.2 Å². The van der Waals surface area contributed by atoms with Crippen LogP contribution in [0.3, 0.4) is 0 Å². The van der Waals surface area contributed by atoms with Crippen molar-refractivity contribution in [3.8, 4) is 17.1 Å². The predicted molar refractivity (Wildman–Crippen MR) is 78.0 cm³/mol. The van der Waals surface area contributed by atoms with Crippen molar-refractivity contribution in [2.75, 3.05) is 7.11 Å². The summed E-state index contributed by atoms with van der Waals surface area (Å²) in [4.78, 5) is 4.41. The lowest BCUT2D eigenvalue weighted by Crippen LogP contribution is -2.25. The van der Waals surface area contributed by atoms with E-state index in [1.54, 1.807) is 25.3 Å². The van der Waals surface area contributed by atoms with E-state index in [1.807, 2.05) is 13.8 Å². The molecule has 2 aromatic rings. The van der Waals surface area contributed by atoms with E-state index in [0.29, 0.717) is 22.5 Å². The third-order valence-corrected chi connectivity index (χ3v) is 3.58. The zero-order chi connectivity index (χ0) is 14.7. The number of halogens is 1. The van der Waals surface area contributed by atoms with Crippen molar-refractivity contribution in [3.63, 3.8) is 0 Å². The molecule has 0 saturated heterocycles. The molecule has 6 heteroatoms. The lowest BCUT2D eigenvalue weighted by atomic mass is 10.0. The van der Waals surface area contributed by atoms with Crippen LogP contribution in [0.5, 0.6) is 5.75 Å². The standard InChI is InChI=1S/C14H18ClN3O2/c1-4-11(16)8(2)14-17-13(18-20-14)10-6-5-9(15)7-12(10)19-3/h5-8,11H,4,16H2,1-3H3. The number of ether oxygens (including phenoxy) is 1. The van der Waals surface area contributed by atoms with Gasteiger partial charge in [-0.05, 0) is 24.6 Å². The Hall–Kier alpha value is -1.59. The molecule has 1 aromatic heterocycles. The van der Waals surface area contributed by atoms with Gasteiger partial charge in [-0.1, -0.05) is 30.6 Å². The number of rotatable bonds is 5. The highest BCUT2D eigenvalue weighted by atomic mass is 35.5. The summed E-state index contributed by atoms with van der Waals surface area (Å²) in [6.07, 6.45) is 0.850. The number of aromatic nitrogens is 2. The zero-order valence-electron chi connectivity index (χ0n) is 11.8. The molecule has 2 atom stereocenters. The van der Waals surface area contributed by atoms with Crippen LogP contribution in [0.1, 0.15) is 32.1 Å². The molecule has 0 bridgehead atoms. The molecule has 0 radical (unpaired) electrons. The second kappa shape index (κ2) is 6.24. The number of hydrogen-bond donors (Lipinski definition) is 1. The summed E-state index contributed by atoms with van der Waals surface area (Å²) < 4.78 is 10.6. The van der Waals surface area contributed by atoms with Gasteiger partial charge in [-0.25, -0.2) is 0 Å². The molecule has 2 rings (SSSR count). The highest BCUT2D eigenvalue weighted by Crippen LogP contribution is 2.31. The topological polar surface area (TPSA) is 74.2 Å². The molecule has 2 unspecified atom stereocenters. The van der Waals surface area contributed by atoms with Crippen LogP contribution >= 0.6 is 11.6 Å². The van der Waals surface area contributed by atoms with Gasteiger partial charge in [0.15, 0.2) is 0 Å². The molecule has 108 valence electrons. The van der Waals surface area contributed by atoms with Crippen LogP contribution in [-0.2, 0) is 0 Å². The van der Waals surface area contributed by atoms with Crippen molar-refractivity contribution >= 4 is 11.6 Å². The lowest BCUT2D eigenvalue weighted by Gasteiger charge is -2.13. The van der Waals surface area contributed by atoms with E-state index in [-0.39, 0.29) is 12.0 Å². The van der Waals surface area contributed by atoms with Gasteiger partial charge in [0.05, 0.1) is 18.6 Å².